The number of alkyl halides is 3. The van der Waals surface area contributed by atoms with Gasteiger partial charge in [0.1, 0.15) is 5.82 Å². The summed E-state index contributed by atoms with van der Waals surface area (Å²) in [6.45, 7) is 8.38. The summed E-state index contributed by atoms with van der Waals surface area (Å²) in [7, 11) is 2.81. The Balaban J connectivity index is 0.00000247. The predicted molar refractivity (Wildman–Crippen MR) is 138 cm³/mol. The van der Waals surface area contributed by atoms with Crippen molar-refractivity contribution >= 4 is 16.8 Å². The number of allylic oxidation sites excluding steroid dienone is 2. The van der Waals surface area contributed by atoms with E-state index in [1.54, 1.807) is 24.3 Å². The Morgan fingerprint density at radius 2 is 1.84 bits per heavy atom. The number of benzene rings is 2. The molecule has 3 aromatic rings. The Kier molecular flexibility index (Phi) is 9.99. The number of carbonyl (C=O) groups excluding carboxylic acids is 1. The van der Waals surface area contributed by atoms with Crippen LogP contribution >= 0.6 is 0 Å². The van der Waals surface area contributed by atoms with E-state index in [2.05, 4.69) is 16.9 Å². The normalized spacial score (nSPS) is 11.5. The second kappa shape index (κ2) is 12.7. The van der Waals surface area contributed by atoms with Gasteiger partial charge in [-0.2, -0.15) is 18.4 Å². The fraction of sp³-hybridized carbons (Fsp3) is 0.250. The van der Waals surface area contributed by atoms with E-state index in [-0.39, 0.29) is 34.8 Å². The third-order valence-corrected chi connectivity index (χ3v) is 5.55. The molecule has 1 amide bonds. The van der Waals surface area contributed by atoms with Gasteiger partial charge in [-0.1, -0.05) is 44.7 Å². The lowest BCUT2D eigenvalue weighted by Crippen LogP contribution is -2.32. The molecule has 2 aromatic carbocycles. The molecule has 0 fully saturated rings. The molecule has 3 rings (SSSR count). The molecule has 0 atom stereocenters. The standard InChI is InChI=1S/C26H22F4N4O2.C2H6/c1-15(26(28,29)30)24(16(2)34(3)14-18-10-9-17(13-31)11-21(18)27)33-25(35)20-12-23(36-4)32-22-8-6-5-7-19(20)22;1-2/h5-12H,1,14H2,2-4H3,(H,33,35);1-2H3/b24-16+;. The number of rotatable bonds is 7. The summed E-state index contributed by atoms with van der Waals surface area (Å²) in [5.74, 6) is -1.39. The molecule has 0 radical (unpaired) electrons. The number of pyridine rings is 1. The monoisotopic (exact) mass is 528 g/mol. The molecule has 6 nitrogen and oxygen atoms in total. The maximum atomic E-state index is 14.4. The highest BCUT2D eigenvalue weighted by atomic mass is 19.4. The lowest BCUT2D eigenvalue weighted by molar-refractivity contribution is -0.0895. The molecule has 38 heavy (non-hydrogen) atoms. The number of aromatic nitrogens is 1. The average molecular weight is 529 g/mol. The van der Waals surface area contributed by atoms with Crippen LogP contribution in [0.1, 0.15) is 42.3 Å². The first kappa shape index (κ1) is 29.8. The van der Waals surface area contributed by atoms with Crippen LogP contribution in [0.25, 0.3) is 10.9 Å². The largest absolute Gasteiger partial charge is 0.481 e. The topological polar surface area (TPSA) is 78.2 Å². The third-order valence-electron chi connectivity index (χ3n) is 5.55. The maximum absolute atomic E-state index is 14.4. The molecule has 1 N–H and O–H groups in total. The summed E-state index contributed by atoms with van der Waals surface area (Å²) in [5.41, 5.74) is -1.09. The van der Waals surface area contributed by atoms with Crippen LogP contribution in [0.5, 0.6) is 5.88 Å². The lowest BCUT2D eigenvalue weighted by Gasteiger charge is -2.26. The number of hydrogen-bond donors (Lipinski definition) is 1. The highest BCUT2D eigenvalue weighted by Gasteiger charge is 2.36. The fourth-order valence-electron chi connectivity index (χ4n) is 3.46. The van der Waals surface area contributed by atoms with Crippen LogP contribution in [0.2, 0.25) is 0 Å². The van der Waals surface area contributed by atoms with Crippen molar-refractivity contribution in [2.45, 2.75) is 33.5 Å². The molecule has 0 bridgehead atoms. The van der Waals surface area contributed by atoms with Crippen molar-refractivity contribution in [2.24, 2.45) is 0 Å². The molecule has 0 spiro atoms. The number of ether oxygens (including phenoxy) is 1. The number of nitriles is 1. The molecule has 1 aromatic heterocycles. The minimum absolute atomic E-state index is 0.000221. The van der Waals surface area contributed by atoms with Gasteiger partial charge in [-0.15, -0.1) is 0 Å². The van der Waals surface area contributed by atoms with Crippen molar-refractivity contribution in [2.75, 3.05) is 14.2 Å². The average Bonchev–Trinajstić information content (AvgIpc) is 2.91. The molecular weight excluding hydrogens is 500 g/mol. The van der Waals surface area contributed by atoms with Gasteiger partial charge in [0.2, 0.25) is 5.88 Å². The van der Waals surface area contributed by atoms with Gasteiger partial charge in [0, 0.05) is 36.3 Å². The van der Waals surface area contributed by atoms with Gasteiger partial charge in [0.25, 0.3) is 5.91 Å². The van der Waals surface area contributed by atoms with E-state index in [9.17, 15) is 22.4 Å². The Hall–Kier alpha value is -4.39. The molecule has 0 unspecified atom stereocenters. The van der Waals surface area contributed by atoms with E-state index >= 15 is 0 Å². The molecular formula is C28H28F4N4O2. The highest BCUT2D eigenvalue weighted by molar-refractivity contribution is 6.07. The quantitative estimate of drug-likeness (QED) is 0.280. The lowest BCUT2D eigenvalue weighted by atomic mass is 10.1. The first-order valence-corrected chi connectivity index (χ1v) is 11.6. The van der Waals surface area contributed by atoms with Gasteiger partial charge < -0.3 is 15.0 Å². The van der Waals surface area contributed by atoms with E-state index in [0.29, 0.717) is 10.9 Å². The summed E-state index contributed by atoms with van der Waals surface area (Å²) in [6.07, 6.45) is -4.84. The van der Waals surface area contributed by atoms with Crippen molar-refractivity contribution < 1.29 is 27.1 Å². The van der Waals surface area contributed by atoms with Crippen molar-refractivity contribution in [3.05, 3.63) is 94.6 Å². The predicted octanol–water partition coefficient (Wildman–Crippen LogP) is 6.49. The summed E-state index contributed by atoms with van der Waals surface area (Å²) in [6, 6.07) is 13.6. The number of para-hydroxylation sites is 1. The van der Waals surface area contributed by atoms with Crippen molar-refractivity contribution in [3.63, 3.8) is 0 Å². The number of fused-ring (bicyclic) bond motifs is 1. The first-order valence-electron chi connectivity index (χ1n) is 11.6. The molecule has 0 saturated carbocycles. The summed E-state index contributed by atoms with van der Waals surface area (Å²) in [5, 5.41) is 11.7. The second-order valence-electron chi connectivity index (χ2n) is 7.89. The van der Waals surface area contributed by atoms with Gasteiger partial charge in [0.15, 0.2) is 0 Å². The summed E-state index contributed by atoms with van der Waals surface area (Å²) < 4.78 is 60.6. The number of halogens is 4. The Labute approximate surface area is 218 Å². The molecule has 0 aliphatic rings. The van der Waals surface area contributed by atoms with Gasteiger partial charge in [0.05, 0.1) is 41.1 Å². The van der Waals surface area contributed by atoms with E-state index in [1.807, 2.05) is 19.9 Å². The van der Waals surface area contributed by atoms with E-state index < -0.39 is 29.2 Å². The molecule has 0 aliphatic carbocycles. The molecule has 10 heteroatoms. The van der Waals surface area contributed by atoms with Crippen LogP contribution in [0, 0.1) is 17.1 Å². The van der Waals surface area contributed by atoms with Crippen LogP contribution < -0.4 is 10.1 Å². The zero-order valence-corrected chi connectivity index (χ0v) is 21.7. The van der Waals surface area contributed by atoms with Gasteiger partial charge in [-0.3, -0.25) is 4.79 Å². The van der Waals surface area contributed by atoms with E-state index in [0.717, 1.165) is 6.07 Å². The number of hydrogen-bond acceptors (Lipinski definition) is 5. The molecule has 0 saturated heterocycles. The number of methoxy groups -OCH3 is 1. The van der Waals surface area contributed by atoms with Crippen LogP contribution in [0.4, 0.5) is 17.6 Å². The molecule has 0 aliphatic heterocycles. The number of amides is 1. The number of nitrogens with one attached hydrogen (secondary N) is 1. The number of carbonyl (C=O) groups is 1. The first-order chi connectivity index (χ1) is 18.0. The SMILES string of the molecule is C=C(/C(NC(=O)c1cc(OC)nc2ccccc12)=C(/C)N(C)Cc1ccc(C#N)cc1F)C(F)(F)F.CC. The molecule has 1 heterocycles. The smallest absolute Gasteiger partial charge is 0.417 e. The Bertz CT molecular complexity index is 1410. The van der Waals surface area contributed by atoms with E-state index in [1.165, 1.54) is 44.2 Å². The van der Waals surface area contributed by atoms with Crippen LogP contribution in [-0.2, 0) is 6.54 Å². The zero-order chi connectivity index (χ0) is 28.6. The second-order valence-corrected chi connectivity index (χ2v) is 7.89. The van der Waals surface area contributed by atoms with Gasteiger partial charge >= 0.3 is 6.18 Å². The zero-order valence-electron chi connectivity index (χ0n) is 21.7. The Morgan fingerprint density at radius 1 is 1.18 bits per heavy atom. The maximum Gasteiger partial charge on any atom is 0.417 e. The highest BCUT2D eigenvalue weighted by Crippen LogP contribution is 2.32. The van der Waals surface area contributed by atoms with Crippen molar-refractivity contribution in [3.8, 4) is 11.9 Å². The minimum Gasteiger partial charge on any atom is -0.481 e. The summed E-state index contributed by atoms with van der Waals surface area (Å²) in [4.78, 5) is 18.8. The Morgan fingerprint density at radius 3 is 2.42 bits per heavy atom. The van der Waals surface area contributed by atoms with E-state index in [4.69, 9.17) is 10.00 Å². The van der Waals surface area contributed by atoms with Crippen molar-refractivity contribution in [1.29, 1.82) is 5.26 Å². The minimum atomic E-state index is -4.84. The van der Waals surface area contributed by atoms with Crippen LogP contribution in [0.15, 0.2) is 72.1 Å². The number of nitrogens with zero attached hydrogens (tertiary/aromatic N) is 3. The summed E-state index contributed by atoms with van der Waals surface area (Å²) >= 11 is 0. The van der Waals surface area contributed by atoms with Crippen LogP contribution in [0.3, 0.4) is 0 Å². The van der Waals surface area contributed by atoms with Crippen LogP contribution in [-0.4, -0.2) is 36.1 Å². The molecule has 200 valence electrons. The van der Waals surface area contributed by atoms with Gasteiger partial charge in [-0.25, -0.2) is 9.37 Å². The third kappa shape index (κ3) is 6.88. The fourth-order valence-corrected chi connectivity index (χ4v) is 3.46. The van der Waals surface area contributed by atoms with Crippen molar-refractivity contribution in [1.82, 2.24) is 15.2 Å². The van der Waals surface area contributed by atoms with Gasteiger partial charge in [-0.05, 0) is 25.1 Å².